The molecule has 0 aliphatic heterocycles. The molecule has 0 atom stereocenters. The maximum absolute atomic E-state index is 11.7. The largest absolute Gasteiger partial charge is 0.290 e. The molecule has 2 aromatic rings. The van der Waals surface area contributed by atoms with Crippen molar-refractivity contribution in [3.8, 4) is 11.5 Å². The molecule has 0 bridgehead atoms. The van der Waals surface area contributed by atoms with Gasteiger partial charge >= 0.3 is 0 Å². The molecular formula is C12H20N6O2S. The molecule has 2 aromatic heterocycles. The van der Waals surface area contributed by atoms with Gasteiger partial charge in [0.25, 0.3) is 15.2 Å². The maximum Gasteiger partial charge on any atom is 0.273 e. The minimum Gasteiger partial charge on any atom is -0.290 e. The lowest BCUT2D eigenvalue weighted by Crippen LogP contribution is -2.29. The first-order valence-corrected chi connectivity index (χ1v) is 8.12. The average Bonchev–Trinajstić information content (AvgIpc) is 2.89. The number of sulfonamides is 1. The van der Waals surface area contributed by atoms with E-state index in [1.54, 1.807) is 11.7 Å². The Hall–Kier alpha value is -1.74. The van der Waals surface area contributed by atoms with Gasteiger partial charge in [0.2, 0.25) is 0 Å². The third kappa shape index (κ3) is 2.84. The second kappa shape index (κ2) is 4.92. The molecule has 2 rings (SSSR count). The Labute approximate surface area is 124 Å². The monoisotopic (exact) mass is 312 g/mol. The highest BCUT2D eigenvalue weighted by Crippen LogP contribution is 2.27. The molecule has 9 heteroatoms. The summed E-state index contributed by atoms with van der Waals surface area (Å²) >= 11 is 0. The number of nitrogens with two attached hydrogens (primary N) is 1. The summed E-state index contributed by atoms with van der Waals surface area (Å²) in [6.07, 6.45) is 0.777. The Kier molecular flexibility index (Phi) is 3.66. The highest BCUT2D eigenvalue weighted by molar-refractivity contribution is 7.89. The van der Waals surface area contributed by atoms with Crippen LogP contribution >= 0.6 is 0 Å². The summed E-state index contributed by atoms with van der Waals surface area (Å²) in [6.45, 7) is 7.60. The van der Waals surface area contributed by atoms with Crippen LogP contribution in [-0.2, 0) is 29.0 Å². The predicted molar refractivity (Wildman–Crippen MR) is 78.0 cm³/mol. The number of aromatic nitrogens is 5. The van der Waals surface area contributed by atoms with Crippen molar-refractivity contribution in [3.63, 3.8) is 0 Å². The molecule has 116 valence electrons. The molecule has 0 saturated heterocycles. The normalized spacial score (nSPS) is 12.9. The number of nitrogens with zero attached hydrogens (tertiary/aromatic N) is 5. The summed E-state index contributed by atoms with van der Waals surface area (Å²) in [5, 5.41) is 17.1. The Balaban J connectivity index is 2.76. The molecule has 0 aliphatic rings. The molecule has 0 radical (unpaired) electrons. The van der Waals surface area contributed by atoms with Crippen molar-refractivity contribution >= 4 is 10.0 Å². The zero-order valence-corrected chi connectivity index (χ0v) is 13.6. The third-order valence-electron chi connectivity index (χ3n) is 3.08. The fourth-order valence-electron chi connectivity index (χ4n) is 2.13. The van der Waals surface area contributed by atoms with Crippen molar-refractivity contribution in [2.24, 2.45) is 12.2 Å². The highest BCUT2D eigenvalue weighted by atomic mass is 32.2. The van der Waals surface area contributed by atoms with E-state index in [-0.39, 0.29) is 5.16 Å². The van der Waals surface area contributed by atoms with E-state index in [2.05, 4.69) is 15.3 Å². The first kappa shape index (κ1) is 15.6. The molecule has 0 unspecified atom stereocenters. The van der Waals surface area contributed by atoms with Crippen LogP contribution in [0.5, 0.6) is 0 Å². The molecule has 0 fully saturated rings. The van der Waals surface area contributed by atoms with E-state index in [4.69, 9.17) is 5.14 Å². The van der Waals surface area contributed by atoms with Gasteiger partial charge < -0.3 is 0 Å². The number of hydrogen-bond acceptors (Lipinski definition) is 5. The zero-order valence-electron chi connectivity index (χ0n) is 12.8. The van der Waals surface area contributed by atoms with E-state index < -0.39 is 15.6 Å². The Morgan fingerprint density at radius 3 is 2.33 bits per heavy atom. The standard InChI is InChI=1S/C12H20N6O2S/c1-6-8-7-9(17(5)16-8)10-14-15-11(21(13,19)20)18(10)12(2,3)4/h7H,6H2,1-5H3,(H2,13,19,20). The summed E-state index contributed by atoms with van der Waals surface area (Å²) in [6, 6.07) is 1.87. The van der Waals surface area contributed by atoms with E-state index in [0.717, 1.165) is 12.1 Å². The molecule has 0 aliphatic carbocycles. The van der Waals surface area contributed by atoms with Crippen LogP contribution in [0.3, 0.4) is 0 Å². The molecule has 2 heterocycles. The van der Waals surface area contributed by atoms with E-state index in [9.17, 15) is 8.42 Å². The van der Waals surface area contributed by atoms with E-state index in [0.29, 0.717) is 11.5 Å². The van der Waals surface area contributed by atoms with Gasteiger partial charge in [-0.25, -0.2) is 13.6 Å². The Morgan fingerprint density at radius 2 is 1.90 bits per heavy atom. The van der Waals surface area contributed by atoms with E-state index in [1.807, 2.05) is 33.8 Å². The molecule has 0 amide bonds. The van der Waals surface area contributed by atoms with Crippen molar-refractivity contribution in [1.82, 2.24) is 24.5 Å². The topological polar surface area (TPSA) is 109 Å². The summed E-state index contributed by atoms with van der Waals surface area (Å²) in [5.74, 6) is 0.432. The molecule has 0 saturated carbocycles. The van der Waals surface area contributed by atoms with Gasteiger partial charge in [-0.15, -0.1) is 10.2 Å². The third-order valence-corrected chi connectivity index (χ3v) is 3.85. The van der Waals surface area contributed by atoms with Crippen LogP contribution in [0.2, 0.25) is 0 Å². The molecule has 2 N–H and O–H groups in total. The van der Waals surface area contributed by atoms with Gasteiger partial charge in [-0.05, 0) is 33.3 Å². The summed E-state index contributed by atoms with van der Waals surface area (Å²) in [5.41, 5.74) is 1.05. The molecule has 8 nitrogen and oxygen atoms in total. The van der Waals surface area contributed by atoms with Gasteiger partial charge in [0, 0.05) is 12.6 Å². The van der Waals surface area contributed by atoms with E-state index >= 15 is 0 Å². The Bertz CT molecular complexity index is 766. The van der Waals surface area contributed by atoms with Crippen molar-refractivity contribution in [2.75, 3.05) is 0 Å². The summed E-state index contributed by atoms with van der Waals surface area (Å²) in [7, 11) is -2.17. The molecule has 21 heavy (non-hydrogen) atoms. The van der Waals surface area contributed by atoms with Crippen LogP contribution < -0.4 is 5.14 Å². The van der Waals surface area contributed by atoms with Gasteiger partial charge in [0.1, 0.15) is 5.69 Å². The van der Waals surface area contributed by atoms with Crippen LogP contribution in [0.15, 0.2) is 11.2 Å². The first-order valence-electron chi connectivity index (χ1n) is 6.57. The fraction of sp³-hybridized carbons (Fsp3) is 0.583. The van der Waals surface area contributed by atoms with E-state index in [1.165, 1.54) is 4.57 Å². The van der Waals surface area contributed by atoms with Crippen LogP contribution in [0.4, 0.5) is 0 Å². The second-order valence-electron chi connectivity index (χ2n) is 5.86. The number of hydrogen-bond donors (Lipinski definition) is 1. The Morgan fingerprint density at radius 1 is 1.29 bits per heavy atom. The van der Waals surface area contributed by atoms with Crippen LogP contribution in [0.25, 0.3) is 11.5 Å². The van der Waals surface area contributed by atoms with Gasteiger partial charge in [0.05, 0.1) is 5.69 Å². The van der Waals surface area contributed by atoms with Crippen molar-refractivity contribution in [3.05, 3.63) is 11.8 Å². The lowest BCUT2D eigenvalue weighted by Gasteiger charge is -2.24. The van der Waals surface area contributed by atoms with Gasteiger partial charge in [-0.3, -0.25) is 9.25 Å². The van der Waals surface area contributed by atoms with Crippen LogP contribution in [-0.4, -0.2) is 33.0 Å². The quantitative estimate of drug-likeness (QED) is 0.894. The number of rotatable bonds is 3. The van der Waals surface area contributed by atoms with Gasteiger partial charge in [0.15, 0.2) is 5.82 Å². The van der Waals surface area contributed by atoms with Crippen molar-refractivity contribution in [1.29, 1.82) is 0 Å². The lowest BCUT2D eigenvalue weighted by molar-refractivity contribution is 0.365. The van der Waals surface area contributed by atoms with Crippen LogP contribution in [0, 0.1) is 0 Å². The number of aryl methyl sites for hydroxylation is 2. The minimum atomic E-state index is -3.96. The molecule has 0 spiro atoms. The smallest absolute Gasteiger partial charge is 0.273 e. The maximum atomic E-state index is 11.7. The molecule has 0 aromatic carbocycles. The fourth-order valence-corrected chi connectivity index (χ4v) is 2.90. The zero-order chi connectivity index (χ0) is 16.0. The van der Waals surface area contributed by atoms with Gasteiger partial charge in [-0.2, -0.15) is 5.10 Å². The molecular weight excluding hydrogens is 292 g/mol. The summed E-state index contributed by atoms with van der Waals surface area (Å²) in [4.78, 5) is 0. The average molecular weight is 312 g/mol. The van der Waals surface area contributed by atoms with Gasteiger partial charge in [-0.1, -0.05) is 6.92 Å². The van der Waals surface area contributed by atoms with Crippen molar-refractivity contribution < 1.29 is 8.42 Å². The van der Waals surface area contributed by atoms with Crippen molar-refractivity contribution in [2.45, 2.75) is 44.8 Å². The number of primary sulfonamides is 1. The highest BCUT2D eigenvalue weighted by Gasteiger charge is 2.30. The predicted octanol–water partition coefficient (Wildman–Crippen LogP) is 0.643. The second-order valence-corrected chi connectivity index (χ2v) is 7.31. The lowest BCUT2D eigenvalue weighted by atomic mass is 10.1. The first-order chi connectivity index (χ1) is 9.55. The summed E-state index contributed by atoms with van der Waals surface area (Å²) < 4.78 is 26.6. The van der Waals surface area contributed by atoms with Crippen LogP contribution in [0.1, 0.15) is 33.4 Å². The SMILES string of the molecule is CCc1cc(-c2nnc(S(N)(=O)=O)n2C(C)(C)C)n(C)n1. The minimum absolute atomic E-state index is 0.246.